The quantitative estimate of drug-likeness (QED) is 0.774. The largest absolute Gasteiger partial charge is 0.497 e. The fourth-order valence-electron chi connectivity index (χ4n) is 3.89. The highest BCUT2D eigenvalue weighted by Crippen LogP contribution is 2.44. The van der Waals surface area contributed by atoms with E-state index in [4.69, 9.17) is 16.3 Å². The maximum atomic E-state index is 13.2. The highest BCUT2D eigenvalue weighted by molar-refractivity contribution is 6.30. The van der Waals surface area contributed by atoms with Gasteiger partial charge >= 0.3 is 0 Å². The molecule has 4 rings (SSSR count). The number of amides is 1. The highest BCUT2D eigenvalue weighted by Gasteiger charge is 2.39. The van der Waals surface area contributed by atoms with Crippen molar-refractivity contribution in [3.8, 4) is 5.75 Å². The van der Waals surface area contributed by atoms with E-state index >= 15 is 0 Å². The third-order valence-corrected chi connectivity index (χ3v) is 5.87. The summed E-state index contributed by atoms with van der Waals surface area (Å²) in [6.45, 7) is 3.25. The summed E-state index contributed by atoms with van der Waals surface area (Å²) >= 11 is 6.02. The summed E-state index contributed by atoms with van der Waals surface area (Å²) in [4.78, 5) is 17.6. The van der Waals surface area contributed by atoms with Gasteiger partial charge in [0.25, 0.3) is 0 Å². The Labute approximate surface area is 165 Å². The standard InChI is InChI=1S/C22H25ClN2O2/c1-27-20-10-8-19(9-11-20)24-12-14-25(15-13-24)22(26)21(16-2-3-16)17-4-6-18(23)7-5-17/h4-11,16,21H,2-3,12-15H2,1H3. The Morgan fingerprint density at radius 3 is 2.19 bits per heavy atom. The molecule has 1 saturated carbocycles. The highest BCUT2D eigenvalue weighted by atomic mass is 35.5. The molecule has 1 atom stereocenters. The number of benzene rings is 2. The van der Waals surface area contributed by atoms with Gasteiger partial charge in [0.15, 0.2) is 0 Å². The molecule has 2 aromatic carbocycles. The zero-order chi connectivity index (χ0) is 18.8. The van der Waals surface area contributed by atoms with Crippen LogP contribution in [0.2, 0.25) is 5.02 Å². The number of halogens is 1. The molecular formula is C22H25ClN2O2. The molecule has 0 bridgehead atoms. The summed E-state index contributed by atoms with van der Waals surface area (Å²) in [5, 5.41) is 0.717. The number of piperazine rings is 1. The van der Waals surface area contributed by atoms with E-state index in [-0.39, 0.29) is 11.8 Å². The lowest BCUT2D eigenvalue weighted by Crippen LogP contribution is -2.50. The Balaban J connectivity index is 1.41. The van der Waals surface area contributed by atoms with E-state index in [0.717, 1.165) is 50.3 Å². The Hall–Kier alpha value is -2.20. The number of carbonyl (C=O) groups is 1. The molecule has 5 heteroatoms. The van der Waals surface area contributed by atoms with Gasteiger partial charge in [-0.05, 0) is 60.7 Å². The van der Waals surface area contributed by atoms with Crippen molar-refractivity contribution in [2.75, 3.05) is 38.2 Å². The van der Waals surface area contributed by atoms with E-state index in [1.54, 1.807) is 7.11 Å². The smallest absolute Gasteiger partial charge is 0.230 e. The molecular weight excluding hydrogens is 360 g/mol. The Bertz CT molecular complexity index is 779. The van der Waals surface area contributed by atoms with Crippen LogP contribution in [-0.4, -0.2) is 44.1 Å². The van der Waals surface area contributed by atoms with Crippen LogP contribution in [0.3, 0.4) is 0 Å². The van der Waals surface area contributed by atoms with E-state index in [9.17, 15) is 4.79 Å². The van der Waals surface area contributed by atoms with Crippen molar-refractivity contribution < 1.29 is 9.53 Å². The lowest BCUT2D eigenvalue weighted by molar-refractivity contribution is -0.133. The number of hydrogen-bond donors (Lipinski definition) is 0. The van der Waals surface area contributed by atoms with Crippen molar-refractivity contribution in [2.24, 2.45) is 5.92 Å². The van der Waals surface area contributed by atoms with E-state index < -0.39 is 0 Å². The van der Waals surface area contributed by atoms with Gasteiger partial charge in [-0.25, -0.2) is 0 Å². The summed E-state index contributed by atoms with van der Waals surface area (Å²) < 4.78 is 5.23. The molecule has 0 N–H and O–H groups in total. The molecule has 1 aliphatic heterocycles. The van der Waals surface area contributed by atoms with Crippen molar-refractivity contribution >= 4 is 23.2 Å². The van der Waals surface area contributed by atoms with Crippen molar-refractivity contribution in [3.05, 3.63) is 59.1 Å². The number of rotatable bonds is 5. The molecule has 1 heterocycles. The lowest BCUT2D eigenvalue weighted by Gasteiger charge is -2.37. The third kappa shape index (κ3) is 4.06. The van der Waals surface area contributed by atoms with Gasteiger partial charge < -0.3 is 14.5 Å². The molecule has 1 saturated heterocycles. The van der Waals surface area contributed by atoms with E-state index in [2.05, 4.69) is 17.0 Å². The van der Waals surface area contributed by atoms with Gasteiger partial charge in [-0.3, -0.25) is 4.79 Å². The van der Waals surface area contributed by atoms with E-state index in [1.165, 1.54) is 5.69 Å². The van der Waals surface area contributed by atoms with Crippen LogP contribution in [0, 0.1) is 5.92 Å². The molecule has 142 valence electrons. The average molecular weight is 385 g/mol. The van der Waals surface area contributed by atoms with Crippen LogP contribution in [0.4, 0.5) is 5.69 Å². The van der Waals surface area contributed by atoms with E-state index in [0.29, 0.717) is 10.9 Å². The molecule has 27 heavy (non-hydrogen) atoms. The van der Waals surface area contributed by atoms with Crippen LogP contribution in [0.15, 0.2) is 48.5 Å². The number of carbonyl (C=O) groups excluding carboxylic acids is 1. The van der Waals surface area contributed by atoms with Crippen LogP contribution in [0.25, 0.3) is 0 Å². The van der Waals surface area contributed by atoms with Crippen molar-refractivity contribution in [1.29, 1.82) is 0 Å². The molecule has 0 spiro atoms. The summed E-state index contributed by atoms with van der Waals surface area (Å²) in [7, 11) is 1.68. The maximum Gasteiger partial charge on any atom is 0.230 e. The van der Waals surface area contributed by atoms with Gasteiger partial charge in [0.1, 0.15) is 5.75 Å². The van der Waals surface area contributed by atoms with Crippen molar-refractivity contribution in [3.63, 3.8) is 0 Å². The van der Waals surface area contributed by atoms with Crippen LogP contribution in [0.1, 0.15) is 24.3 Å². The minimum atomic E-state index is -0.0187. The fraction of sp³-hybridized carbons (Fsp3) is 0.409. The first kappa shape index (κ1) is 18.2. The molecule has 2 aromatic rings. The first-order valence-electron chi connectivity index (χ1n) is 9.59. The maximum absolute atomic E-state index is 13.2. The number of ether oxygens (including phenoxy) is 1. The van der Waals surface area contributed by atoms with Gasteiger partial charge in [-0.15, -0.1) is 0 Å². The van der Waals surface area contributed by atoms with Crippen molar-refractivity contribution in [1.82, 2.24) is 4.90 Å². The second-order valence-electron chi connectivity index (χ2n) is 7.38. The molecule has 4 nitrogen and oxygen atoms in total. The average Bonchev–Trinajstić information content (AvgIpc) is 3.55. The molecule has 0 radical (unpaired) electrons. The SMILES string of the molecule is COc1ccc(N2CCN(C(=O)C(c3ccc(Cl)cc3)C3CC3)CC2)cc1. The van der Waals surface area contributed by atoms with E-state index in [1.807, 2.05) is 41.3 Å². The zero-order valence-electron chi connectivity index (χ0n) is 15.6. The number of nitrogens with zero attached hydrogens (tertiary/aromatic N) is 2. The number of methoxy groups -OCH3 is 1. The topological polar surface area (TPSA) is 32.8 Å². The number of hydrogen-bond acceptors (Lipinski definition) is 3. The molecule has 0 aromatic heterocycles. The van der Waals surface area contributed by atoms with Crippen LogP contribution >= 0.6 is 11.6 Å². The fourth-order valence-corrected chi connectivity index (χ4v) is 4.02. The second-order valence-corrected chi connectivity index (χ2v) is 7.81. The first-order chi connectivity index (χ1) is 13.2. The minimum Gasteiger partial charge on any atom is -0.497 e. The van der Waals surface area contributed by atoms with Crippen LogP contribution < -0.4 is 9.64 Å². The first-order valence-corrected chi connectivity index (χ1v) is 9.97. The summed E-state index contributed by atoms with van der Waals surface area (Å²) in [6.07, 6.45) is 2.29. The van der Waals surface area contributed by atoms with Crippen LogP contribution in [0.5, 0.6) is 5.75 Å². The number of anilines is 1. The Morgan fingerprint density at radius 1 is 1.00 bits per heavy atom. The molecule has 2 fully saturated rings. The minimum absolute atomic E-state index is 0.0187. The van der Waals surface area contributed by atoms with Gasteiger partial charge in [0.2, 0.25) is 5.91 Å². The Morgan fingerprint density at radius 2 is 1.63 bits per heavy atom. The molecule has 1 aliphatic carbocycles. The van der Waals surface area contributed by atoms with Crippen molar-refractivity contribution in [2.45, 2.75) is 18.8 Å². The second kappa shape index (κ2) is 7.81. The third-order valence-electron chi connectivity index (χ3n) is 5.62. The molecule has 1 unspecified atom stereocenters. The summed E-state index contributed by atoms with van der Waals surface area (Å²) in [5.74, 6) is 1.60. The molecule has 1 amide bonds. The van der Waals surface area contributed by atoms with Gasteiger partial charge in [0.05, 0.1) is 13.0 Å². The summed E-state index contributed by atoms with van der Waals surface area (Å²) in [5.41, 5.74) is 2.28. The zero-order valence-corrected chi connectivity index (χ0v) is 16.4. The normalized spacial score (nSPS) is 18.3. The monoisotopic (exact) mass is 384 g/mol. The van der Waals surface area contributed by atoms with Crippen LogP contribution in [-0.2, 0) is 4.79 Å². The predicted octanol–water partition coefficient (Wildman–Crippen LogP) is 4.19. The van der Waals surface area contributed by atoms with Gasteiger partial charge in [-0.1, -0.05) is 23.7 Å². The van der Waals surface area contributed by atoms with Gasteiger partial charge in [0, 0.05) is 36.9 Å². The molecule has 2 aliphatic rings. The predicted molar refractivity (Wildman–Crippen MR) is 109 cm³/mol. The summed E-state index contributed by atoms with van der Waals surface area (Å²) in [6, 6.07) is 15.9. The lowest BCUT2D eigenvalue weighted by atomic mass is 9.92. The Kier molecular flexibility index (Phi) is 5.26. The van der Waals surface area contributed by atoms with Gasteiger partial charge in [-0.2, -0.15) is 0 Å².